The van der Waals surface area contributed by atoms with E-state index in [9.17, 15) is 8.78 Å². The van der Waals surface area contributed by atoms with Gasteiger partial charge in [-0.1, -0.05) is 36.4 Å². The molecule has 0 fully saturated rings. The van der Waals surface area contributed by atoms with Gasteiger partial charge in [0.2, 0.25) is 0 Å². The summed E-state index contributed by atoms with van der Waals surface area (Å²) in [7, 11) is 1.63. The van der Waals surface area contributed by atoms with Gasteiger partial charge < -0.3 is 14.8 Å². The van der Waals surface area contributed by atoms with E-state index in [1.54, 1.807) is 25.3 Å². The molecular weight excluding hydrogens is 312 g/mol. The van der Waals surface area contributed by atoms with Crippen LogP contribution in [-0.4, -0.2) is 13.7 Å². The number of hydrogen-bond donors (Lipinski definition) is 1. The molecule has 0 aliphatic carbocycles. The van der Waals surface area contributed by atoms with E-state index in [4.69, 9.17) is 4.74 Å². The Morgan fingerprint density at radius 2 is 1.83 bits per heavy atom. The number of nitrogens with one attached hydrogen (secondary N) is 1. The molecule has 0 radical (unpaired) electrons. The Hall–Kier alpha value is -2.82. The molecule has 0 aromatic heterocycles. The van der Waals surface area contributed by atoms with Gasteiger partial charge in [0.25, 0.3) is 0 Å². The zero-order valence-corrected chi connectivity index (χ0v) is 13.1. The molecule has 0 aliphatic rings. The Bertz CT molecular complexity index is 836. The van der Waals surface area contributed by atoms with E-state index in [0.29, 0.717) is 12.2 Å². The average Bonchev–Trinajstić information content (AvgIpc) is 2.59. The molecule has 0 amide bonds. The predicted octanol–water partition coefficient (Wildman–Crippen LogP) is 5.06. The largest absolute Gasteiger partial charge is 0.496 e. The summed E-state index contributed by atoms with van der Waals surface area (Å²) >= 11 is 0. The maximum atomic E-state index is 12.3. The lowest BCUT2D eigenvalue weighted by atomic mass is 10.0. The van der Waals surface area contributed by atoms with Crippen LogP contribution in [-0.2, 0) is 6.54 Å². The molecular formula is C19H17F2NO2. The maximum absolute atomic E-state index is 12.3. The minimum atomic E-state index is -2.83. The third kappa shape index (κ3) is 3.56. The Morgan fingerprint density at radius 3 is 2.62 bits per heavy atom. The summed E-state index contributed by atoms with van der Waals surface area (Å²) in [6.45, 7) is -2.33. The SMILES string of the molecule is COc1ccc2ccccc2c1CNc1cccc(OC(F)F)c1. The Labute approximate surface area is 138 Å². The maximum Gasteiger partial charge on any atom is 0.387 e. The Balaban J connectivity index is 1.85. The van der Waals surface area contributed by atoms with Crippen LogP contribution in [0, 0.1) is 0 Å². The van der Waals surface area contributed by atoms with Crippen LogP contribution in [0.4, 0.5) is 14.5 Å². The van der Waals surface area contributed by atoms with Gasteiger partial charge in [-0.2, -0.15) is 8.78 Å². The first-order valence-electron chi connectivity index (χ1n) is 7.51. The monoisotopic (exact) mass is 329 g/mol. The van der Waals surface area contributed by atoms with Crippen molar-refractivity contribution in [2.75, 3.05) is 12.4 Å². The third-order valence-electron chi connectivity index (χ3n) is 3.75. The highest BCUT2D eigenvalue weighted by molar-refractivity contribution is 5.88. The lowest BCUT2D eigenvalue weighted by Gasteiger charge is -2.14. The first-order chi connectivity index (χ1) is 11.7. The third-order valence-corrected chi connectivity index (χ3v) is 3.75. The van der Waals surface area contributed by atoms with Crippen molar-refractivity contribution < 1.29 is 18.3 Å². The molecule has 124 valence electrons. The Morgan fingerprint density at radius 1 is 1.00 bits per heavy atom. The van der Waals surface area contributed by atoms with Crippen molar-refractivity contribution in [3.05, 3.63) is 66.2 Å². The minimum absolute atomic E-state index is 0.125. The van der Waals surface area contributed by atoms with Crippen LogP contribution in [0.5, 0.6) is 11.5 Å². The number of methoxy groups -OCH3 is 1. The van der Waals surface area contributed by atoms with E-state index in [1.807, 2.05) is 36.4 Å². The number of fused-ring (bicyclic) bond motifs is 1. The van der Waals surface area contributed by atoms with Gasteiger partial charge in [-0.25, -0.2) is 0 Å². The second-order valence-corrected chi connectivity index (χ2v) is 5.23. The van der Waals surface area contributed by atoms with Gasteiger partial charge >= 0.3 is 6.61 Å². The van der Waals surface area contributed by atoms with Gasteiger partial charge in [0, 0.05) is 23.9 Å². The number of anilines is 1. The molecule has 0 heterocycles. The van der Waals surface area contributed by atoms with Crippen molar-refractivity contribution in [1.82, 2.24) is 0 Å². The van der Waals surface area contributed by atoms with Gasteiger partial charge in [-0.3, -0.25) is 0 Å². The molecule has 0 saturated heterocycles. The molecule has 0 atom stereocenters. The van der Waals surface area contributed by atoms with Gasteiger partial charge in [0.15, 0.2) is 0 Å². The summed E-state index contributed by atoms with van der Waals surface area (Å²) < 4.78 is 34.5. The van der Waals surface area contributed by atoms with Gasteiger partial charge in [-0.05, 0) is 29.0 Å². The number of alkyl halides is 2. The van der Waals surface area contributed by atoms with Crippen LogP contribution >= 0.6 is 0 Å². The number of hydrogen-bond acceptors (Lipinski definition) is 3. The highest BCUT2D eigenvalue weighted by atomic mass is 19.3. The molecule has 0 spiro atoms. The fourth-order valence-electron chi connectivity index (χ4n) is 2.66. The van der Waals surface area contributed by atoms with E-state index in [2.05, 4.69) is 10.1 Å². The van der Waals surface area contributed by atoms with Crippen LogP contribution < -0.4 is 14.8 Å². The average molecular weight is 329 g/mol. The Kier molecular flexibility index (Phi) is 4.79. The lowest BCUT2D eigenvalue weighted by molar-refractivity contribution is -0.0498. The van der Waals surface area contributed by atoms with Gasteiger partial charge in [0.1, 0.15) is 11.5 Å². The summed E-state index contributed by atoms with van der Waals surface area (Å²) in [5, 5.41) is 5.44. The molecule has 3 aromatic rings. The van der Waals surface area contributed by atoms with Crippen molar-refractivity contribution >= 4 is 16.5 Å². The highest BCUT2D eigenvalue weighted by Crippen LogP contribution is 2.29. The van der Waals surface area contributed by atoms with E-state index in [-0.39, 0.29) is 5.75 Å². The molecule has 3 aromatic carbocycles. The second kappa shape index (κ2) is 7.17. The topological polar surface area (TPSA) is 30.5 Å². The highest BCUT2D eigenvalue weighted by Gasteiger charge is 2.09. The van der Waals surface area contributed by atoms with Crippen LogP contribution in [0.1, 0.15) is 5.56 Å². The second-order valence-electron chi connectivity index (χ2n) is 5.23. The first kappa shape index (κ1) is 16.1. The summed E-state index contributed by atoms with van der Waals surface area (Å²) in [4.78, 5) is 0. The molecule has 1 N–H and O–H groups in total. The van der Waals surface area contributed by atoms with Crippen molar-refractivity contribution in [2.24, 2.45) is 0 Å². The van der Waals surface area contributed by atoms with E-state index >= 15 is 0 Å². The zero-order valence-electron chi connectivity index (χ0n) is 13.1. The zero-order chi connectivity index (χ0) is 16.9. The van der Waals surface area contributed by atoms with Crippen LogP contribution in [0.15, 0.2) is 60.7 Å². The van der Waals surface area contributed by atoms with Crippen molar-refractivity contribution in [3.8, 4) is 11.5 Å². The number of rotatable bonds is 6. The van der Waals surface area contributed by atoms with Crippen LogP contribution in [0.25, 0.3) is 10.8 Å². The van der Waals surface area contributed by atoms with Gasteiger partial charge in [0.05, 0.1) is 7.11 Å². The quantitative estimate of drug-likeness (QED) is 0.685. The normalized spacial score (nSPS) is 10.8. The van der Waals surface area contributed by atoms with Crippen LogP contribution in [0.2, 0.25) is 0 Å². The fraction of sp³-hybridized carbons (Fsp3) is 0.158. The standard InChI is InChI=1S/C19H17F2NO2/c1-23-18-10-9-13-5-2-3-8-16(13)17(18)12-22-14-6-4-7-15(11-14)24-19(20)21/h2-11,19,22H,12H2,1H3. The summed E-state index contributed by atoms with van der Waals surface area (Å²) in [6, 6.07) is 18.5. The molecule has 5 heteroatoms. The molecule has 3 nitrogen and oxygen atoms in total. The summed E-state index contributed by atoms with van der Waals surface area (Å²) in [5.41, 5.74) is 1.71. The first-order valence-corrected chi connectivity index (χ1v) is 7.51. The molecule has 24 heavy (non-hydrogen) atoms. The number of halogens is 2. The number of benzene rings is 3. The van der Waals surface area contributed by atoms with Crippen molar-refractivity contribution in [3.63, 3.8) is 0 Å². The fourth-order valence-corrected chi connectivity index (χ4v) is 2.66. The molecule has 0 bridgehead atoms. The van der Waals surface area contributed by atoms with E-state index < -0.39 is 6.61 Å². The van der Waals surface area contributed by atoms with Gasteiger partial charge in [-0.15, -0.1) is 0 Å². The summed E-state index contributed by atoms with van der Waals surface area (Å²) in [5.74, 6) is 0.904. The molecule has 0 aliphatic heterocycles. The van der Waals surface area contributed by atoms with E-state index in [1.165, 1.54) is 6.07 Å². The minimum Gasteiger partial charge on any atom is -0.496 e. The van der Waals surface area contributed by atoms with Crippen molar-refractivity contribution in [2.45, 2.75) is 13.2 Å². The summed E-state index contributed by atoms with van der Waals surface area (Å²) in [6.07, 6.45) is 0. The predicted molar refractivity (Wildman–Crippen MR) is 90.9 cm³/mol. The molecule has 0 saturated carbocycles. The molecule has 3 rings (SSSR count). The van der Waals surface area contributed by atoms with E-state index in [0.717, 1.165) is 22.1 Å². The number of ether oxygens (including phenoxy) is 2. The molecule has 0 unspecified atom stereocenters. The van der Waals surface area contributed by atoms with Crippen LogP contribution in [0.3, 0.4) is 0 Å². The van der Waals surface area contributed by atoms with Crippen molar-refractivity contribution in [1.29, 1.82) is 0 Å². The smallest absolute Gasteiger partial charge is 0.387 e. The lowest BCUT2D eigenvalue weighted by Crippen LogP contribution is -2.04.